The SMILES string of the molecule is CN=C(NCCc1cccc(C(=O)N(C)C)c1)NC1CCN(c2ccc(F)cc2F)C1.I. The Balaban J connectivity index is 0.00000363. The molecule has 0 bridgehead atoms. The quantitative estimate of drug-likeness (QED) is 0.326. The van der Waals surface area contributed by atoms with Crippen molar-refractivity contribution >= 4 is 41.5 Å². The average molecular weight is 557 g/mol. The third kappa shape index (κ3) is 6.78. The molecule has 1 saturated heterocycles. The lowest BCUT2D eigenvalue weighted by atomic mass is 10.1. The lowest BCUT2D eigenvalue weighted by molar-refractivity contribution is 0.0827. The molecule has 2 aromatic rings. The van der Waals surface area contributed by atoms with Gasteiger partial charge in [-0.3, -0.25) is 9.79 Å². The molecule has 2 N–H and O–H groups in total. The van der Waals surface area contributed by atoms with Crippen LogP contribution in [0.3, 0.4) is 0 Å². The molecule has 1 atom stereocenters. The van der Waals surface area contributed by atoms with Crippen LogP contribution in [0.5, 0.6) is 0 Å². The number of anilines is 1. The van der Waals surface area contributed by atoms with Crippen molar-refractivity contribution in [3.63, 3.8) is 0 Å². The van der Waals surface area contributed by atoms with Gasteiger partial charge in [0.15, 0.2) is 5.96 Å². The van der Waals surface area contributed by atoms with Gasteiger partial charge in [0, 0.05) is 58.4 Å². The van der Waals surface area contributed by atoms with E-state index in [9.17, 15) is 13.6 Å². The summed E-state index contributed by atoms with van der Waals surface area (Å²) in [5, 5.41) is 6.66. The van der Waals surface area contributed by atoms with E-state index in [1.165, 1.54) is 12.1 Å². The van der Waals surface area contributed by atoms with E-state index in [2.05, 4.69) is 15.6 Å². The largest absolute Gasteiger partial charge is 0.367 e. The molecule has 2 aromatic carbocycles. The fourth-order valence-electron chi connectivity index (χ4n) is 3.67. The summed E-state index contributed by atoms with van der Waals surface area (Å²) in [6.07, 6.45) is 1.57. The Hall–Kier alpha value is -2.43. The maximum absolute atomic E-state index is 14.0. The van der Waals surface area contributed by atoms with Gasteiger partial charge in [-0.15, -0.1) is 24.0 Å². The number of hydrogen-bond acceptors (Lipinski definition) is 3. The fraction of sp³-hybridized carbons (Fsp3) is 0.391. The van der Waals surface area contributed by atoms with Crippen LogP contribution in [0.25, 0.3) is 0 Å². The second-order valence-electron chi connectivity index (χ2n) is 7.82. The maximum atomic E-state index is 14.0. The topological polar surface area (TPSA) is 60.0 Å². The number of guanidine groups is 1. The van der Waals surface area contributed by atoms with Gasteiger partial charge in [-0.2, -0.15) is 0 Å². The Morgan fingerprint density at radius 1 is 1.22 bits per heavy atom. The van der Waals surface area contributed by atoms with E-state index in [0.29, 0.717) is 36.8 Å². The van der Waals surface area contributed by atoms with Gasteiger partial charge in [-0.25, -0.2) is 8.78 Å². The van der Waals surface area contributed by atoms with E-state index in [-0.39, 0.29) is 35.9 Å². The standard InChI is InChI=1S/C23H29F2N5O.HI/c1-26-23(27-11-9-16-5-4-6-17(13-16)22(31)29(2)3)28-19-10-12-30(15-19)21-8-7-18(24)14-20(21)25;/h4-8,13-14,19H,9-12,15H2,1-3H3,(H2,26,27,28);1H. The van der Waals surface area contributed by atoms with Crippen LogP contribution < -0.4 is 15.5 Å². The molecule has 0 aromatic heterocycles. The number of aliphatic imine (C=N–C) groups is 1. The van der Waals surface area contributed by atoms with Gasteiger partial charge >= 0.3 is 0 Å². The van der Waals surface area contributed by atoms with E-state index in [1.54, 1.807) is 26.0 Å². The number of rotatable bonds is 6. The summed E-state index contributed by atoms with van der Waals surface area (Å²) >= 11 is 0. The van der Waals surface area contributed by atoms with Crippen LogP contribution >= 0.6 is 24.0 Å². The molecular weight excluding hydrogens is 527 g/mol. The Bertz CT molecular complexity index is 954. The van der Waals surface area contributed by atoms with Crippen LogP contribution in [0, 0.1) is 11.6 Å². The summed E-state index contributed by atoms with van der Waals surface area (Å²) in [5.41, 5.74) is 2.15. The Morgan fingerprint density at radius 2 is 2.00 bits per heavy atom. The molecule has 1 aliphatic heterocycles. The summed E-state index contributed by atoms with van der Waals surface area (Å²) in [7, 11) is 5.18. The molecule has 32 heavy (non-hydrogen) atoms. The molecule has 0 saturated carbocycles. The minimum atomic E-state index is -0.573. The van der Waals surface area contributed by atoms with Gasteiger partial charge < -0.3 is 20.4 Å². The van der Waals surface area contributed by atoms with E-state index in [1.807, 2.05) is 29.2 Å². The minimum Gasteiger partial charge on any atom is -0.367 e. The van der Waals surface area contributed by atoms with Crippen molar-refractivity contribution in [2.75, 3.05) is 45.7 Å². The van der Waals surface area contributed by atoms with E-state index < -0.39 is 11.6 Å². The lowest BCUT2D eigenvalue weighted by Gasteiger charge is -2.21. The van der Waals surface area contributed by atoms with Crippen molar-refractivity contribution in [2.24, 2.45) is 4.99 Å². The Labute approximate surface area is 205 Å². The highest BCUT2D eigenvalue weighted by Gasteiger charge is 2.25. The Kier molecular flexibility index (Phi) is 9.67. The van der Waals surface area contributed by atoms with Crippen molar-refractivity contribution in [1.82, 2.24) is 15.5 Å². The smallest absolute Gasteiger partial charge is 0.253 e. The molecule has 1 unspecified atom stereocenters. The van der Waals surface area contributed by atoms with Gasteiger partial charge in [-0.1, -0.05) is 12.1 Å². The summed E-state index contributed by atoms with van der Waals surface area (Å²) < 4.78 is 27.2. The number of benzene rings is 2. The molecule has 0 aliphatic carbocycles. The molecular formula is C23H30F2IN5O. The van der Waals surface area contributed by atoms with E-state index in [4.69, 9.17) is 0 Å². The molecule has 174 valence electrons. The van der Waals surface area contributed by atoms with Crippen LogP contribution in [0.2, 0.25) is 0 Å². The van der Waals surface area contributed by atoms with Crippen molar-refractivity contribution in [2.45, 2.75) is 18.9 Å². The van der Waals surface area contributed by atoms with Gasteiger partial charge in [0.25, 0.3) is 5.91 Å². The van der Waals surface area contributed by atoms with E-state index in [0.717, 1.165) is 24.5 Å². The van der Waals surface area contributed by atoms with Crippen LogP contribution in [-0.4, -0.2) is 63.6 Å². The first-order valence-corrected chi connectivity index (χ1v) is 10.3. The van der Waals surface area contributed by atoms with Gasteiger partial charge in [0.1, 0.15) is 11.6 Å². The fourth-order valence-corrected chi connectivity index (χ4v) is 3.67. The van der Waals surface area contributed by atoms with Crippen molar-refractivity contribution in [3.8, 4) is 0 Å². The number of amides is 1. The normalized spacial score (nSPS) is 15.8. The lowest BCUT2D eigenvalue weighted by Crippen LogP contribution is -2.45. The Morgan fingerprint density at radius 3 is 2.69 bits per heavy atom. The van der Waals surface area contributed by atoms with E-state index >= 15 is 0 Å². The first kappa shape index (κ1) is 25.8. The van der Waals surface area contributed by atoms with Crippen LogP contribution in [0.15, 0.2) is 47.5 Å². The first-order valence-electron chi connectivity index (χ1n) is 10.3. The minimum absolute atomic E-state index is 0. The molecule has 1 aliphatic rings. The zero-order valence-electron chi connectivity index (χ0n) is 18.6. The number of carbonyl (C=O) groups is 1. The molecule has 3 rings (SSSR count). The molecule has 1 heterocycles. The van der Waals surface area contributed by atoms with Crippen LogP contribution in [-0.2, 0) is 6.42 Å². The molecule has 9 heteroatoms. The van der Waals surface area contributed by atoms with Crippen LogP contribution in [0.1, 0.15) is 22.3 Å². The van der Waals surface area contributed by atoms with Gasteiger partial charge in [0.2, 0.25) is 0 Å². The predicted molar refractivity (Wildman–Crippen MR) is 135 cm³/mol. The molecule has 1 amide bonds. The number of halogens is 3. The first-order chi connectivity index (χ1) is 14.9. The summed E-state index contributed by atoms with van der Waals surface area (Å²) in [6, 6.07) is 11.4. The third-order valence-electron chi connectivity index (χ3n) is 5.29. The molecule has 1 fully saturated rings. The predicted octanol–water partition coefficient (Wildman–Crippen LogP) is 3.27. The average Bonchev–Trinajstić information content (AvgIpc) is 3.20. The monoisotopic (exact) mass is 557 g/mol. The number of carbonyl (C=O) groups excluding carboxylic acids is 1. The summed E-state index contributed by atoms with van der Waals surface area (Å²) in [5.74, 6) is -0.461. The zero-order chi connectivity index (χ0) is 22.4. The third-order valence-corrected chi connectivity index (χ3v) is 5.29. The highest BCUT2D eigenvalue weighted by atomic mass is 127. The van der Waals surface area contributed by atoms with Crippen molar-refractivity contribution in [1.29, 1.82) is 0 Å². The number of nitrogens with one attached hydrogen (secondary N) is 2. The van der Waals surface area contributed by atoms with Crippen molar-refractivity contribution < 1.29 is 13.6 Å². The maximum Gasteiger partial charge on any atom is 0.253 e. The summed E-state index contributed by atoms with van der Waals surface area (Å²) in [4.78, 5) is 19.9. The molecule has 6 nitrogen and oxygen atoms in total. The van der Waals surface area contributed by atoms with Gasteiger partial charge in [0.05, 0.1) is 5.69 Å². The molecule has 0 radical (unpaired) electrons. The summed E-state index contributed by atoms with van der Waals surface area (Å²) in [6.45, 7) is 1.95. The molecule has 0 spiro atoms. The highest BCUT2D eigenvalue weighted by molar-refractivity contribution is 14.0. The van der Waals surface area contributed by atoms with Crippen LogP contribution in [0.4, 0.5) is 14.5 Å². The van der Waals surface area contributed by atoms with Gasteiger partial charge in [-0.05, 0) is 42.7 Å². The number of nitrogens with zero attached hydrogens (tertiary/aromatic N) is 3. The highest BCUT2D eigenvalue weighted by Crippen LogP contribution is 2.24. The van der Waals surface area contributed by atoms with Crippen molar-refractivity contribution in [3.05, 3.63) is 65.2 Å². The number of hydrogen-bond donors (Lipinski definition) is 2. The zero-order valence-corrected chi connectivity index (χ0v) is 20.9. The second kappa shape index (κ2) is 12.0. The second-order valence-corrected chi connectivity index (χ2v) is 7.82.